The SMILES string of the molecule is Cn1nc(C(F)(F)C(F)(F)F)c(C(F)(F)F)c1-n1cc(-n2cc(C(=O)NC3(C#N)CC3)c(C(F)(F)F)n2)cn1. The molecule has 1 aliphatic rings. The minimum atomic E-state index is -6.45. The zero-order valence-corrected chi connectivity index (χ0v) is 18.8. The Hall–Kier alpha value is -4.18. The van der Waals surface area contributed by atoms with E-state index in [0.29, 0.717) is 30.3 Å². The van der Waals surface area contributed by atoms with Crippen molar-refractivity contribution in [2.24, 2.45) is 7.05 Å². The number of nitriles is 1. The van der Waals surface area contributed by atoms with E-state index in [2.05, 4.69) is 20.6 Å². The predicted molar refractivity (Wildman–Crippen MR) is 102 cm³/mol. The van der Waals surface area contributed by atoms with Gasteiger partial charge in [0.05, 0.1) is 24.0 Å². The van der Waals surface area contributed by atoms with E-state index in [0.717, 1.165) is 0 Å². The Bertz CT molecular complexity index is 1480. The summed E-state index contributed by atoms with van der Waals surface area (Å²) in [5.74, 6) is -8.78. The topological polar surface area (TPSA) is 106 Å². The van der Waals surface area contributed by atoms with Gasteiger partial charge < -0.3 is 5.32 Å². The summed E-state index contributed by atoms with van der Waals surface area (Å²) in [6, 6.07) is 1.74. The van der Waals surface area contributed by atoms with E-state index in [1.54, 1.807) is 6.07 Å². The maximum atomic E-state index is 13.9. The minimum Gasteiger partial charge on any atom is -0.334 e. The molecule has 3 aromatic rings. The van der Waals surface area contributed by atoms with Gasteiger partial charge in [-0.3, -0.25) is 4.79 Å². The number of carbonyl (C=O) groups excluding carboxylic acids is 1. The quantitative estimate of drug-likeness (QED) is 0.457. The first kappa shape index (κ1) is 27.8. The molecule has 1 amide bonds. The van der Waals surface area contributed by atoms with Crippen molar-refractivity contribution < 1.29 is 53.1 Å². The van der Waals surface area contributed by atoms with Gasteiger partial charge >= 0.3 is 24.5 Å². The molecule has 9 nitrogen and oxygen atoms in total. The monoisotopic (exact) mass is 576 g/mol. The van der Waals surface area contributed by atoms with Crippen molar-refractivity contribution in [3.8, 4) is 17.6 Å². The molecular formula is C19H11F11N8O. The molecule has 0 spiro atoms. The van der Waals surface area contributed by atoms with Gasteiger partial charge in [0.1, 0.15) is 16.8 Å². The summed E-state index contributed by atoms with van der Waals surface area (Å²) >= 11 is 0. The van der Waals surface area contributed by atoms with E-state index in [1.807, 2.05) is 0 Å². The molecule has 210 valence electrons. The van der Waals surface area contributed by atoms with Crippen LogP contribution in [0, 0.1) is 11.3 Å². The lowest BCUT2D eigenvalue weighted by Gasteiger charge is -2.19. The zero-order chi connectivity index (χ0) is 29.3. The van der Waals surface area contributed by atoms with Crippen molar-refractivity contribution in [2.75, 3.05) is 0 Å². The molecule has 39 heavy (non-hydrogen) atoms. The second-order valence-corrected chi connectivity index (χ2v) is 8.37. The molecule has 3 heterocycles. The van der Waals surface area contributed by atoms with Crippen molar-refractivity contribution >= 4 is 5.91 Å². The van der Waals surface area contributed by atoms with Crippen molar-refractivity contribution in [3.05, 3.63) is 41.1 Å². The molecule has 20 heteroatoms. The number of hydrogen-bond acceptors (Lipinski definition) is 5. The van der Waals surface area contributed by atoms with Gasteiger partial charge in [0.25, 0.3) is 5.91 Å². The van der Waals surface area contributed by atoms with E-state index >= 15 is 0 Å². The lowest BCUT2D eigenvalue weighted by Crippen LogP contribution is -2.36. The summed E-state index contributed by atoms with van der Waals surface area (Å²) in [5.41, 5.74) is -9.85. The van der Waals surface area contributed by atoms with Crippen LogP contribution in [0.2, 0.25) is 0 Å². The molecule has 0 aliphatic heterocycles. The average molecular weight is 576 g/mol. The highest BCUT2D eigenvalue weighted by atomic mass is 19.4. The van der Waals surface area contributed by atoms with Crippen LogP contribution >= 0.6 is 0 Å². The lowest BCUT2D eigenvalue weighted by molar-refractivity contribution is -0.292. The Morgan fingerprint density at radius 3 is 2.05 bits per heavy atom. The lowest BCUT2D eigenvalue weighted by atomic mass is 10.1. The third-order valence-corrected chi connectivity index (χ3v) is 5.55. The largest absolute Gasteiger partial charge is 0.459 e. The van der Waals surface area contributed by atoms with Crippen LogP contribution in [0.1, 0.15) is 40.2 Å². The molecular weight excluding hydrogens is 565 g/mol. The smallest absolute Gasteiger partial charge is 0.334 e. The molecule has 0 aromatic carbocycles. The molecule has 1 fully saturated rings. The number of hydrogen-bond donors (Lipinski definition) is 1. The Balaban J connectivity index is 1.81. The van der Waals surface area contributed by atoms with Crippen LogP contribution in [0.5, 0.6) is 0 Å². The molecule has 0 radical (unpaired) electrons. The molecule has 3 aromatic heterocycles. The van der Waals surface area contributed by atoms with E-state index in [9.17, 15) is 53.1 Å². The summed E-state index contributed by atoms with van der Waals surface area (Å²) < 4.78 is 149. The number of aryl methyl sites for hydroxylation is 1. The van der Waals surface area contributed by atoms with Gasteiger partial charge in [-0.1, -0.05) is 0 Å². The van der Waals surface area contributed by atoms with Crippen LogP contribution in [0.4, 0.5) is 48.3 Å². The Kier molecular flexibility index (Phi) is 6.00. The molecule has 0 saturated heterocycles. The molecule has 1 N–H and O–H groups in total. The highest BCUT2D eigenvalue weighted by molar-refractivity contribution is 5.96. The number of rotatable bonds is 5. The van der Waals surface area contributed by atoms with Crippen molar-refractivity contribution in [3.63, 3.8) is 0 Å². The molecule has 0 atom stereocenters. The summed E-state index contributed by atoms with van der Waals surface area (Å²) in [7, 11) is 0.614. The number of nitrogens with one attached hydrogen (secondary N) is 1. The number of nitrogens with zero attached hydrogens (tertiary/aromatic N) is 7. The third kappa shape index (κ3) is 4.76. The van der Waals surface area contributed by atoms with Crippen molar-refractivity contribution in [1.82, 2.24) is 34.7 Å². The van der Waals surface area contributed by atoms with Gasteiger partial charge in [0.15, 0.2) is 17.2 Å². The van der Waals surface area contributed by atoms with Gasteiger partial charge in [-0.25, -0.2) is 14.0 Å². The van der Waals surface area contributed by atoms with Crippen molar-refractivity contribution in [2.45, 2.75) is 42.8 Å². The van der Waals surface area contributed by atoms with Gasteiger partial charge in [-0.05, 0) is 12.8 Å². The third-order valence-electron chi connectivity index (χ3n) is 5.55. The maximum Gasteiger partial charge on any atom is 0.459 e. The first-order valence-electron chi connectivity index (χ1n) is 10.3. The van der Waals surface area contributed by atoms with Gasteiger partial charge in [0, 0.05) is 13.2 Å². The molecule has 4 rings (SSSR count). The Morgan fingerprint density at radius 2 is 1.56 bits per heavy atom. The van der Waals surface area contributed by atoms with E-state index in [1.165, 1.54) is 0 Å². The molecule has 1 aliphatic carbocycles. The maximum absolute atomic E-state index is 13.9. The van der Waals surface area contributed by atoms with Crippen LogP contribution in [0.15, 0.2) is 18.6 Å². The van der Waals surface area contributed by atoms with Gasteiger partial charge in [-0.15, -0.1) is 0 Å². The van der Waals surface area contributed by atoms with Gasteiger partial charge in [-0.2, -0.15) is 68.9 Å². The number of halogens is 11. The van der Waals surface area contributed by atoms with Crippen molar-refractivity contribution in [1.29, 1.82) is 5.26 Å². The second-order valence-electron chi connectivity index (χ2n) is 8.37. The first-order valence-corrected chi connectivity index (χ1v) is 10.3. The number of amides is 1. The molecule has 1 saturated carbocycles. The van der Waals surface area contributed by atoms with Crippen LogP contribution in [-0.2, 0) is 25.3 Å². The number of alkyl halides is 11. The molecule has 0 bridgehead atoms. The number of aromatic nitrogens is 6. The standard InChI is InChI=1S/C19H11F11N8O/c1-36-14(10(17(22,23)24)12(34-36)16(20,21)19(28,29)30)38-5-8(4-32-38)37-6-9(11(35-37)18(25,26)27)13(39)33-15(7-31)2-3-15/h4-6H,2-3H2,1H3,(H,33,39). The summed E-state index contributed by atoms with van der Waals surface area (Å²) in [6.45, 7) is 0. The normalized spacial score (nSPS) is 15.8. The highest BCUT2D eigenvalue weighted by Gasteiger charge is 2.64. The Morgan fingerprint density at radius 1 is 0.949 bits per heavy atom. The van der Waals surface area contributed by atoms with Gasteiger partial charge in [0.2, 0.25) is 0 Å². The fourth-order valence-corrected chi connectivity index (χ4v) is 3.50. The summed E-state index contributed by atoms with van der Waals surface area (Å²) in [4.78, 5) is 12.4. The van der Waals surface area contributed by atoms with Crippen LogP contribution in [0.25, 0.3) is 11.5 Å². The van der Waals surface area contributed by atoms with E-state index < -0.39 is 69.9 Å². The minimum absolute atomic E-state index is 0.0364. The first-order chi connectivity index (χ1) is 17.7. The predicted octanol–water partition coefficient (Wildman–Crippen LogP) is 4.27. The van der Waals surface area contributed by atoms with Crippen LogP contribution in [0.3, 0.4) is 0 Å². The van der Waals surface area contributed by atoms with E-state index in [4.69, 9.17) is 5.26 Å². The average Bonchev–Trinajstić information content (AvgIpc) is 3.16. The summed E-state index contributed by atoms with van der Waals surface area (Å²) in [5, 5.41) is 20.5. The highest BCUT2D eigenvalue weighted by Crippen LogP contribution is 2.49. The second kappa shape index (κ2) is 8.41. The van der Waals surface area contributed by atoms with Crippen LogP contribution < -0.4 is 5.32 Å². The van der Waals surface area contributed by atoms with E-state index in [-0.39, 0.29) is 22.2 Å². The number of carbonyl (C=O) groups is 1. The Labute approximate surface area is 208 Å². The fraction of sp³-hybridized carbons (Fsp3) is 0.421. The van der Waals surface area contributed by atoms with Crippen LogP contribution in [-0.4, -0.2) is 47.0 Å². The fourth-order valence-electron chi connectivity index (χ4n) is 3.50. The summed E-state index contributed by atoms with van der Waals surface area (Å²) in [6.07, 6.45) is -15.4. The molecule has 0 unspecified atom stereocenters. The zero-order valence-electron chi connectivity index (χ0n) is 18.8.